The minimum Gasteiger partial charge on any atom is -0.477 e. The summed E-state index contributed by atoms with van der Waals surface area (Å²) in [6, 6.07) is 10.4. The highest BCUT2D eigenvalue weighted by atomic mass is 32.2. The normalized spacial score (nSPS) is 11.0. The van der Waals surface area contributed by atoms with Crippen LogP contribution in [0.25, 0.3) is 0 Å². The highest BCUT2D eigenvalue weighted by Crippen LogP contribution is 2.27. The number of carbonyl (C=O) groups is 1. The topological polar surface area (TPSA) is 142 Å². The van der Waals surface area contributed by atoms with Gasteiger partial charge >= 0.3 is 5.69 Å². The zero-order chi connectivity index (χ0) is 20.0. The van der Waals surface area contributed by atoms with Crippen molar-refractivity contribution in [2.24, 2.45) is 5.14 Å². The summed E-state index contributed by atoms with van der Waals surface area (Å²) in [5, 5.41) is 18.6. The Labute approximate surface area is 156 Å². The molecule has 0 unspecified atom stereocenters. The summed E-state index contributed by atoms with van der Waals surface area (Å²) in [4.78, 5) is 22.3. The van der Waals surface area contributed by atoms with Crippen molar-refractivity contribution in [3.05, 3.63) is 63.7 Å². The number of nitro benzene ring substituents is 1. The molecule has 0 aliphatic rings. The summed E-state index contributed by atoms with van der Waals surface area (Å²) < 4.78 is 27.6. The maximum atomic E-state index is 11.9. The minimum absolute atomic E-state index is 0.0171. The lowest BCUT2D eigenvalue weighted by atomic mass is 10.1. The van der Waals surface area contributed by atoms with Crippen LogP contribution in [0.5, 0.6) is 5.75 Å². The van der Waals surface area contributed by atoms with E-state index in [9.17, 15) is 23.3 Å². The van der Waals surface area contributed by atoms with E-state index >= 15 is 0 Å². The molecule has 0 spiro atoms. The van der Waals surface area contributed by atoms with Crippen LogP contribution >= 0.6 is 0 Å². The van der Waals surface area contributed by atoms with Gasteiger partial charge in [0.15, 0.2) is 12.4 Å². The molecule has 0 saturated carbocycles. The van der Waals surface area contributed by atoms with Gasteiger partial charge in [0.2, 0.25) is 10.0 Å². The summed E-state index contributed by atoms with van der Waals surface area (Å²) in [5.41, 5.74) is 1.39. The number of hydrogen-bond acceptors (Lipinski definition) is 6. The quantitative estimate of drug-likeness (QED) is 0.511. The van der Waals surface area contributed by atoms with E-state index in [2.05, 4.69) is 5.32 Å². The van der Waals surface area contributed by atoms with Crippen molar-refractivity contribution in [1.29, 1.82) is 0 Å². The fourth-order valence-corrected chi connectivity index (χ4v) is 2.79. The van der Waals surface area contributed by atoms with Crippen LogP contribution < -0.4 is 15.2 Å². The molecular weight excluding hydrogens is 374 g/mol. The van der Waals surface area contributed by atoms with Gasteiger partial charge in [-0.15, -0.1) is 0 Å². The van der Waals surface area contributed by atoms with Crippen molar-refractivity contribution in [3.63, 3.8) is 0 Å². The predicted octanol–water partition coefficient (Wildman–Crippen LogP) is 1.29. The van der Waals surface area contributed by atoms with E-state index in [1.165, 1.54) is 24.3 Å². The van der Waals surface area contributed by atoms with Crippen LogP contribution in [0.2, 0.25) is 0 Å². The molecule has 0 saturated heterocycles. The van der Waals surface area contributed by atoms with Crippen molar-refractivity contribution in [2.45, 2.75) is 18.2 Å². The molecule has 0 radical (unpaired) electrons. The van der Waals surface area contributed by atoms with Crippen LogP contribution in [-0.4, -0.2) is 32.4 Å². The van der Waals surface area contributed by atoms with Crippen LogP contribution in [0.15, 0.2) is 47.4 Å². The van der Waals surface area contributed by atoms with Gasteiger partial charge in [0.1, 0.15) is 0 Å². The lowest BCUT2D eigenvalue weighted by molar-refractivity contribution is -0.385. The molecule has 0 aromatic heterocycles. The van der Waals surface area contributed by atoms with Crippen molar-refractivity contribution in [3.8, 4) is 5.75 Å². The number of aryl methyl sites for hydroxylation is 1. The average Bonchev–Trinajstić information content (AvgIpc) is 2.59. The van der Waals surface area contributed by atoms with Gasteiger partial charge in [-0.25, -0.2) is 13.6 Å². The molecule has 0 aliphatic heterocycles. The molecule has 27 heavy (non-hydrogen) atoms. The van der Waals surface area contributed by atoms with Gasteiger partial charge in [-0.05, 0) is 42.7 Å². The number of benzene rings is 2. The second-order valence-electron chi connectivity index (χ2n) is 5.81. The Morgan fingerprint density at radius 2 is 1.89 bits per heavy atom. The predicted molar refractivity (Wildman–Crippen MR) is 97.9 cm³/mol. The van der Waals surface area contributed by atoms with E-state index in [-0.39, 0.29) is 22.9 Å². The first-order valence-corrected chi connectivity index (χ1v) is 9.48. The SMILES string of the molecule is Cc1ccc([N+](=O)[O-])c(OCC(=O)NCCc2ccc(S(N)(=O)=O)cc2)c1. The fourth-order valence-electron chi connectivity index (χ4n) is 2.27. The van der Waals surface area contributed by atoms with Crippen molar-refractivity contribution < 1.29 is 22.9 Å². The molecule has 1 amide bonds. The maximum absolute atomic E-state index is 11.9. The van der Waals surface area contributed by atoms with Gasteiger partial charge < -0.3 is 10.1 Å². The number of carbonyl (C=O) groups excluding carboxylic acids is 1. The van der Waals surface area contributed by atoms with Crippen molar-refractivity contribution in [2.75, 3.05) is 13.2 Å². The minimum atomic E-state index is -3.73. The number of hydrogen-bond donors (Lipinski definition) is 2. The van der Waals surface area contributed by atoms with Crippen LogP contribution in [0.1, 0.15) is 11.1 Å². The summed E-state index contributed by atoms with van der Waals surface area (Å²) in [6.45, 7) is 1.71. The monoisotopic (exact) mass is 393 g/mol. The smallest absolute Gasteiger partial charge is 0.310 e. The van der Waals surface area contributed by atoms with E-state index in [4.69, 9.17) is 9.88 Å². The van der Waals surface area contributed by atoms with Gasteiger partial charge in [-0.2, -0.15) is 0 Å². The van der Waals surface area contributed by atoms with Gasteiger partial charge in [0.25, 0.3) is 5.91 Å². The number of nitrogens with zero attached hydrogens (tertiary/aromatic N) is 1. The van der Waals surface area contributed by atoms with Crippen LogP contribution in [0.4, 0.5) is 5.69 Å². The highest BCUT2D eigenvalue weighted by molar-refractivity contribution is 7.89. The largest absolute Gasteiger partial charge is 0.477 e. The molecule has 0 aliphatic carbocycles. The summed E-state index contributed by atoms with van der Waals surface area (Å²) in [7, 11) is -3.73. The molecular formula is C17H19N3O6S. The molecule has 0 heterocycles. The van der Waals surface area contributed by atoms with Crippen molar-refractivity contribution in [1.82, 2.24) is 5.32 Å². The molecule has 0 bridgehead atoms. The third kappa shape index (κ3) is 6.04. The van der Waals surface area contributed by atoms with Gasteiger partial charge in [-0.3, -0.25) is 14.9 Å². The summed E-state index contributed by atoms with van der Waals surface area (Å²) in [5.74, 6) is -0.388. The van der Waals surface area contributed by atoms with Gasteiger partial charge in [0, 0.05) is 12.6 Å². The Bertz CT molecular complexity index is 942. The molecule has 0 fully saturated rings. The number of rotatable bonds is 8. The molecule has 9 nitrogen and oxygen atoms in total. The number of sulfonamides is 1. The summed E-state index contributed by atoms with van der Waals surface area (Å²) >= 11 is 0. The molecule has 144 valence electrons. The lowest BCUT2D eigenvalue weighted by Crippen LogP contribution is -2.30. The van der Waals surface area contributed by atoms with E-state index < -0.39 is 20.9 Å². The third-order valence-corrected chi connectivity index (χ3v) is 4.59. The highest BCUT2D eigenvalue weighted by Gasteiger charge is 2.16. The first kappa shape index (κ1) is 20.3. The fraction of sp³-hybridized carbons (Fsp3) is 0.235. The lowest BCUT2D eigenvalue weighted by Gasteiger charge is -2.09. The zero-order valence-electron chi connectivity index (χ0n) is 14.5. The zero-order valence-corrected chi connectivity index (χ0v) is 15.4. The Morgan fingerprint density at radius 3 is 2.48 bits per heavy atom. The number of nitro groups is 1. The van der Waals surface area contributed by atoms with Gasteiger partial charge in [-0.1, -0.05) is 18.2 Å². The molecule has 2 aromatic carbocycles. The Balaban J connectivity index is 1.83. The van der Waals surface area contributed by atoms with Crippen molar-refractivity contribution >= 4 is 21.6 Å². The van der Waals surface area contributed by atoms with Crippen LogP contribution in [0.3, 0.4) is 0 Å². The second kappa shape index (κ2) is 8.60. The van der Waals surface area contributed by atoms with E-state index in [1.807, 2.05) is 0 Å². The molecule has 3 N–H and O–H groups in total. The van der Waals surface area contributed by atoms with Crippen LogP contribution in [0, 0.1) is 17.0 Å². The molecule has 2 rings (SSSR count). The number of nitrogens with one attached hydrogen (secondary N) is 1. The number of ether oxygens (including phenoxy) is 1. The van der Waals surface area contributed by atoms with E-state index in [1.54, 1.807) is 25.1 Å². The van der Waals surface area contributed by atoms with E-state index in [0.29, 0.717) is 13.0 Å². The number of amides is 1. The maximum Gasteiger partial charge on any atom is 0.310 e. The third-order valence-electron chi connectivity index (χ3n) is 3.66. The standard InChI is InChI=1S/C17H19N3O6S/c1-12-2-7-15(20(22)23)16(10-12)26-11-17(21)19-9-8-13-3-5-14(6-4-13)27(18,24)25/h2-7,10H,8-9,11H2,1H3,(H,19,21)(H2,18,24,25). The van der Waals surface area contributed by atoms with Crippen LogP contribution in [-0.2, 0) is 21.2 Å². The number of primary sulfonamides is 1. The first-order chi connectivity index (χ1) is 12.7. The van der Waals surface area contributed by atoms with Gasteiger partial charge in [0.05, 0.1) is 9.82 Å². The molecule has 0 atom stereocenters. The summed E-state index contributed by atoms with van der Waals surface area (Å²) in [6.07, 6.45) is 0.473. The Kier molecular flexibility index (Phi) is 6.48. The average molecular weight is 393 g/mol. The molecule has 10 heteroatoms. The number of nitrogens with two attached hydrogens (primary N) is 1. The molecule has 2 aromatic rings. The first-order valence-electron chi connectivity index (χ1n) is 7.93. The Morgan fingerprint density at radius 1 is 1.22 bits per heavy atom. The van der Waals surface area contributed by atoms with E-state index in [0.717, 1.165) is 11.1 Å². The second-order valence-corrected chi connectivity index (χ2v) is 7.37. The Hall–Kier alpha value is -2.98.